The molecule has 5 rings (SSSR count). The minimum Gasteiger partial charge on any atom is -0.309 e. The van der Waals surface area contributed by atoms with Crippen LogP contribution in [0.4, 0.5) is 22.0 Å². The molecule has 162 valence electrons. The SMILES string of the molecule is CCN1N=C(F)C2(CCCCC2)n2c1cc1cnc(Nc3ccc(S(=O)O)cn3)nc12. The number of nitrogens with one attached hydrogen (secondary N) is 1. The first-order valence-corrected chi connectivity index (χ1v) is 11.4. The predicted octanol–water partition coefficient (Wildman–Crippen LogP) is 3.93. The second-order valence-corrected chi connectivity index (χ2v) is 8.73. The van der Waals surface area contributed by atoms with Gasteiger partial charge >= 0.3 is 0 Å². The Morgan fingerprint density at radius 1 is 1.23 bits per heavy atom. The Labute approximate surface area is 180 Å². The summed E-state index contributed by atoms with van der Waals surface area (Å²) in [6.45, 7) is 2.48. The van der Waals surface area contributed by atoms with Crippen molar-refractivity contribution in [2.45, 2.75) is 49.5 Å². The maximum Gasteiger partial charge on any atom is 0.233 e. The van der Waals surface area contributed by atoms with E-state index in [0.717, 1.165) is 30.5 Å². The Morgan fingerprint density at radius 2 is 2.03 bits per heavy atom. The molecule has 0 bridgehead atoms. The molecule has 0 amide bonds. The third kappa shape index (κ3) is 3.28. The first-order valence-electron chi connectivity index (χ1n) is 10.3. The number of rotatable bonds is 4. The average Bonchev–Trinajstić information content (AvgIpc) is 3.17. The minimum absolute atomic E-state index is 0.205. The number of hydrazone groups is 1. The zero-order valence-corrected chi connectivity index (χ0v) is 17.8. The van der Waals surface area contributed by atoms with E-state index < -0.39 is 16.6 Å². The fraction of sp³-hybridized carbons (Fsp3) is 0.400. The monoisotopic (exact) mass is 443 g/mol. The van der Waals surface area contributed by atoms with Crippen molar-refractivity contribution in [3.05, 3.63) is 30.6 Å². The summed E-state index contributed by atoms with van der Waals surface area (Å²) >= 11 is -2.09. The van der Waals surface area contributed by atoms with Gasteiger partial charge in [-0.1, -0.05) is 19.3 Å². The molecule has 0 radical (unpaired) electrons. The molecule has 9 nitrogen and oxygen atoms in total. The van der Waals surface area contributed by atoms with Crippen LogP contribution in [0.2, 0.25) is 0 Å². The highest BCUT2D eigenvalue weighted by Crippen LogP contribution is 2.45. The largest absolute Gasteiger partial charge is 0.309 e. The number of pyridine rings is 1. The highest BCUT2D eigenvalue weighted by Gasteiger charge is 2.46. The number of hydrogen-bond acceptors (Lipinski definition) is 7. The fourth-order valence-electron chi connectivity index (χ4n) is 4.46. The zero-order chi connectivity index (χ0) is 21.6. The van der Waals surface area contributed by atoms with E-state index in [9.17, 15) is 4.21 Å². The van der Waals surface area contributed by atoms with Gasteiger partial charge in [0.05, 0.1) is 4.90 Å². The maximum atomic E-state index is 15.4. The van der Waals surface area contributed by atoms with Gasteiger partial charge in [0.15, 0.2) is 11.1 Å². The molecule has 31 heavy (non-hydrogen) atoms. The van der Waals surface area contributed by atoms with Crippen molar-refractivity contribution in [1.29, 1.82) is 0 Å². The van der Waals surface area contributed by atoms with Crippen LogP contribution in [0.1, 0.15) is 39.0 Å². The van der Waals surface area contributed by atoms with E-state index in [4.69, 9.17) is 9.54 Å². The molecule has 1 fully saturated rings. The van der Waals surface area contributed by atoms with Crippen molar-refractivity contribution in [3.8, 4) is 0 Å². The molecule has 1 aliphatic carbocycles. The highest BCUT2D eigenvalue weighted by molar-refractivity contribution is 7.79. The molecule has 1 atom stereocenters. The summed E-state index contributed by atoms with van der Waals surface area (Å²) in [6, 6.07) is 5.04. The summed E-state index contributed by atoms with van der Waals surface area (Å²) in [5, 5.41) is 9.77. The molecule has 2 N–H and O–H groups in total. The van der Waals surface area contributed by atoms with E-state index in [1.54, 1.807) is 17.3 Å². The summed E-state index contributed by atoms with van der Waals surface area (Å²) < 4.78 is 37.6. The van der Waals surface area contributed by atoms with Gasteiger partial charge in [-0.3, -0.25) is 4.57 Å². The Hall–Kier alpha value is -2.92. The maximum absolute atomic E-state index is 15.4. The van der Waals surface area contributed by atoms with E-state index in [1.165, 1.54) is 12.3 Å². The molecule has 11 heteroatoms. The molecule has 3 aromatic heterocycles. The van der Waals surface area contributed by atoms with Crippen molar-refractivity contribution in [2.24, 2.45) is 5.10 Å². The van der Waals surface area contributed by atoms with E-state index in [1.807, 2.05) is 17.6 Å². The molecule has 4 heterocycles. The first kappa shape index (κ1) is 20.0. The van der Waals surface area contributed by atoms with Gasteiger partial charge in [0.25, 0.3) is 0 Å². The van der Waals surface area contributed by atoms with Crippen molar-refractivity contribution in [3.63, 3.8) is 0 Å². The van der Waals surface area contributed by atoms with Crippen LogP contribution in [0.3, 0.4) is 0 Å². The topological polar surface area (TPSA) is 109 Å². The third-order valence-electron chi connectivity index (χ3n) is 5.96. The van der Waals surface area contributed by atoms with E-state index in [-0.39, 0.29) is 10.9 Å². The molecular formula is C20H22FN7O2S. The predicted molar refractivity (Wildman–Crippen MR) is 117 cm³/mol. The van der Waals surface area contributed by atoms with Crippen LogP contribution >= 0.6 is 0 Å². The molecule has 0 aromatic carbocycles. The lowest BCUT2D eigenvalue weighted by Gasteiger charge is -2.42. The molecule has 1 unspecified atom stereocenters. The molecule has 1 spiro atoms. The van der Waals surface area contributed by atoms with Crippen LogP contribution in [0.5, 0.6) is 0 Å². The van der Waals surface area contributed by atoms with Gasteiger partial charge in [-0.2, -0.15) is 9.37 Å². The summed E-state index contributed by atoms with van der Waals surface area (Å²) in [6.07, 6.45) is 7.35. The van der Waals surface area contributed by atoms with Gasteiger partial charge in [-0.25, -0.2) is 19.2 Å². The van der Waals surface area contributed by atoms with Crippen LogP contribution < -0.4 is 10.3 Å². The summed E-state index contributed by atoms with van der Waals surface area (Å²) in [7, 11) is 0. The van der Waals surface area contributed by atoms with Crippen LogP contribution in [0, 0.1) is 0 Å². The van der Waals surface area contributed by atoms with Crippen molar-refractivity contribution >= 4 is 45.7 Å². The van der Waals surface area contributed by atoms with Gasteiger partial charge in [0.1, 0.15) is 22.8 Å². The van der Waals surface area contributed by atoms with Crippen molar-refractivity contribution < 1.29 is 13.2 Å². The number of hydrogen-bond donors (Lipinski definition) is 2. The highest BCUT2D eigenvalue weighted by atomic mass is 32.2. The van der Waals surface area contributed by atoms with Crippen molar-refractivity contribution in [2.75, 3.05) is 16.9 Å². The molecular weight excluding hydrogens is 421 g/mol. The van der Waals surface area contributed by atoms with Crippen LogP contribution in [0.25, 0.3) is 11.0 Å². The van der Waals surface area contributed by atoms with Crippen LogP contribution in [-0.4, -0.2) is 40.8 Å². The molecule has 3 aromatic rings. The van der Waals surface area contributed by atoms with E-state index in [0.29, 0.717) is 36.8 Å². The van der Waals surface area contributed by atoms with Crippen molar-refractivity contribution in [1.82, 2.24) is 19.5 Å². The lowest BCUT2D eigenvalue weighted by atomic mass is 9.81. The summed E-state index contributed by atoms with van der Waals surface area (Å²) in [5.74, 6) is 1.21. The zero-order valence-electron chi connectivity index (χ0n) is 17.0. The van der Waals surface area contributed by atoms with E-state index in [2.05, 4.69) is 20.4 Å². The van der Waals surface area contributed by atoms with Crippen LogP contribution in [0.15, 0.2) is 40.6 Å². The van der Waals surface area contributed by atoms with E-state index >= 15 is 4.39 Å². The van der Waals surface area contributed by atoms with Gasteiger partial charge < -0.3 is 9.87 Å². The van der Waals surface area contributed by atoms with Crippen LogP contribution in [-0.2, 0) is 16.6 Å². The number of nitrogens with zero attached hydrogens (tertiary/aromatic N) is 6. The minimum atomic E-state index is -2.09. The Kier molecular flexibility index (Phi) is 4.94. The first-order chi connectivity index (χ1) is 15.0. The molecule has 0 saturated heterocycles. The second-order valence-electron chi connectivity index (χ2n) is 7.76. The Bertz CT molecular complexity index is 1190. The fourth-order valence-corrected chi connectivity index (χ4v) is 4.79. The number of aromatic nitrogens is 4. The Balaban J connectivity index is 1.59. The van der Waals surface area contributed by atoms with Gasteiger partial charge in [-0.05, 0) is 38.0 Å². The lowest BCUT2D eigenvalue weighted by molar-refractivity contribution is 0.262. The number of halogens is 1. The number of anilines is 3. The molecule has 1 aliphatic heterocycles. The quantitative estimate of drug-likeness (QED) is 0.588. The number of fused-ring (bicyclic) bond motifs is 4. The summed E-state index contributed by atoms with van der Waals surface area (Å²) in [4.78, 5) is 13.4. The summed E-state index contributed by atoms with van der Waals surface area (Å²) in [5.41, 5.74) is -0.163. The lowest BCUT2D eigenvalue weighted by Crippen LogP contribution is -2.47. The van der Waals surface area contributed by atoms with Gasteiger partial charge in [0, 0.05) is 24.3 Å². The third-order valence-corrected chi connectivity index (χ3v) is 6.61. The average molecular weight is 444 g/mol. The second kappa shape index (κ2) is 7.65. The molecule has 2 aliphatic rings. The standard InChI is InChI=1S/C20H22FN7O2S/c1-2-27-16-10-13-11-23-19(24-15-7-6-14(12-22-15)31(29)30)25-17(13)28(16)20(18(21)26-27)8-4-3-5-9-20/h6-7,10-12H,2-5,8-9H2,1H3,(H,29,30)(H,22,23,24,25). The van der Waals surface area contributed by atoms with Gasteiger partial charge in [-0.15, -0.1) is 5.10 Å². The smallest absolute Gasteiger partial charge is 0.233 e. The Morgan fingerprint density at radius 3 is 2.71 bits per heavy atom. The van der Waals surface area contributed by atoms with Gasteiger partial charge in [0.2, 0.25) is 11.9 Å². The normalized spacial score (nSPS) is 18.7. The molecule has 1 saturated carbocycles.